The Morgan fingerprint density at radius 1 is 1.26 bits per heavy atom. The number of imidazole rings is 1. The first-order chi connectivity index (χ1) is 16.3. The number of benzene rings is 1. The standard InChI is InChI=1S/C24H34AsN4O4S/c1-4-17(2)19(25-23(31)21-12-26-16-27-21)14-29(13-18-8-6-5-7-9-18)15-22(30)28-20(24(32)33)10-11-34-3/h5-9,12,16-17,19-20H,4,10-11,13-15H2,1-3H3,(H,26,27)(H,28,30)(H,32,33)/t17-,19+,20-/m0/s1. The van der Waals surface area contributed by atoms with Crippen LogP contribution in [0.3, 0.4) is 0 Å². The van der Waals surface area contributed by atoms with E-state index in [0.29, 0.717) is 36.9 Å². The Balaban J connectivity index is 2.15. The molecule has 2 rings (SSSR count). The molecule has 0 saturated heterocycles. The fraction of sp³-hybridized carbons (Fsp3) is 0.500. The molecule has 0 bridgehead atoms. The molecule has 0 aliphatic heterocycles. The molecule has 10 heteroatoms. The Hall–Kier alpha value is -2.09. The van der Waals surface area contributed by atoms with Crippen LogP contribution in [0.2, 0.25) is 4.71 Å². The molecule has 1 radical (unpaired) electrons. The van der Waals surface area contributed by atoms with Crippen LogP contribution >= 0.6 is 11.8 Å². The number of hydrogen-bond donors (Lipinski definition) is 3. The topological polar surface area (TPSA) is 115 Å². The van der Waals surface area contributed by atoms with Gasteiger partial charge in [-0.05, 0) is 0 Å². The molecule has 3 N–H and O–H groups in total. The van der Waals surface area contributed by atoms with Crippen LogP contribution in [0, 0.1) is 5.92 Å². The summed E-state index contributed by atoms with van der Waals surface area (Å²) in [6.45, 7) is 5.45. The van der Waals surface area contributed by atoms with Crippen molar-refractivity contribution >= 4 is 44.0 Å². The second-order valence-corrected chi connectivity index (χ2v) is 12.0. The summed E-state index contributed by atoms with van der Waals surface area (Å²) in [7, 11) is 0. The Bertz CT molecular complexity index is 898. The van der Waals surface area contributed by atoms with Crippen molar-refractivity contribution in [2.24, 2.45) is 5.92 Å². The Kier molecular flexibility index (Phi) is 12.4. The van der Waals surface area contributed by atoms with E-state index in [4.69, 9.17) is 0 Å². The summed E-state index contributed by atoms with van der Waals surface area (Å²) in [5.74, 6) is -0.379. The van der Waals surface area contributed by atoms with Crippen molar-refractivity contribution in [2.45, 2.75) is 44.0 Å². The van der Waals surface area contributed by atoms with E-state index in [9.17, 15) is 19.5 Å². The zero-order valence-corrected chi connectivity index (χ0v) is 22.6. The fourth-order valence-electron chi connectivity index (χ4n) is 3.44. The normalized spacial score (nSPS) is 14.2. The van der Waals surface area contributed by atoms with Crippen molar-refractivity contribution in [2.75, 3.05) is 25.1 Å². The van der Waals surface area contributed by atoms with Crippen LogP contribution in [-0.2, 0) is 16.1 Å². The van der Waals surface area contributed by atoms with Gasteiger partial charge in [-0.3, -0.25) is 0 Å². The minimum absolute atomic E-state index is 0.0737. The van der Waals surface area contributed by atoms with E-state index in [0.717, 1.165) is 12.0 Å². The Labute approximate surface area is 212 Å². The van der Waals surface area contributed by atoms with Gasteiger partial charge >= 0.3 is 213 Å². The number of H-pyrrole nitrogens is 1. The number of hydrogen-bond acceptors (Lipinski definition) is 6. The number of carboxylic acids is 1. The third kappa shape index (κ3) is 9.64. The summed E-state index contributed by atoms with van der Waals surface area (Å²) >= 11 is 0.869. The summed E-state index contributed by atoms with van der Waals surface area (Å²) in [4.78, 5) is 46.2. The van der Waals surface area contributed by atoms with E-state index in [1.54, 1.807) is 18.0 Å². The van der Waals surface area contributed by atoms with Crippen molar-refractivity contribution < 1.29 is 19.5 Å². The van der Waals surface area contributed by atoms with Crippen LogP contribution in [-0.4, -0.2) is 83.3 Å². The number of thioether (sulfide) groups is 1. The van der Waals surface area contributed by atoms with E-state index in [2.05, 4.69) is 29.1 Å². The number of carbonyl (C=O) groups is 3. The molecule has 0 spiro atoms. The van der Waals surface area contributed by atoms with Crippen molar-refractivity contribution in [1.82, 2.24) is 20.2 Å². The maximum atomic E-state index is 12.9. The van der Waals surface area contributed by atoms with Gasteiger partial charge in [-0.2, -0.15) is 0 Å². The number of amides is 1. The van der Waals surface area contributed by atoms with Gasteiger partial charge in [0.15, 0.2) is 0 Å². The van der Waals surface area contributed by atoms with Crippen molar-refractivity contribution in [1.29, 1.82) is 0 Å². The molecular formula is C24H34AsN4O4S. The molecule has 0 fully saturated rings. The quantitative estimate of drug-likeness (QED) is 0.276. The number of nitrogens with zero attached hydrogens (tertiary/aromatic N) is 2. The number of nitrogens with one attached hydrogen (secondary N) is 2. The average molecular weight is 550 g/mol. The molecule has 0 unspecified atom stereocenters. The number of aromatic amines is 1. The van der Waals surface area contributed by atoms with Gasteiger partial charge in [-0.1, -0.05) is 0 Å². The molecule has 1 heterocycles. The van der Waals surface area contributed by atoms with Crippen LogP contribution in [0.4, 0.5) is 0 Å². The van der Waals surface area contributed by atoms with Gasteiger partial charge in [-0.25, -0.2) is 0 Å². The molecule has 1 aromatic carbocycles. The van der Waals surface area contributed by atoms with Gasteiger partial charge in [0.05, 0.1) is 0 Å². The van der Waals surface area contributed by atoms with Crippen LogP contribution in [0.5, 0.6) is 0 Å². The van der Waals surface area contributed by atoms with Crippen LogP contribution < -0.4 is 5.32 Å². The fourth-order valence-corrected chi connectivity index (χ4v) is 6.72. The van der Waals surface area contributed by atoms with Gasteiger partial charge in [-0.15, -0.1) is 0 Å². The molecule has 0 aliphatic rings. The van der Waals surface area contributed by atoms with E-state index >= 15 is 0 Å². The second kappa shape index (κ2) is 15.0. The predicted molar refractivity (Wildman–Crippen MR) is 136 cm³/mol. The zero-order valence-electron chi connectivity index (χ0n) is 19.9. The van der Waals surface area contributed by atoms with E-state index in [-0.39, 0.29) is 21.7 Å². The van der Waals surface area contributed by atoms with Crippen molar-refractivity contribution in [3.8, 4) is 0 Å². The molecule has 0 aliphatic carbocycles. The van der Waals surface area contributed by atoms with Gasteiger partial charge in [0.25, 0.3) is 0 Å². The van der Waals surface area contributed by atoms with Gasteiger partial charge in [0.1, 0.15) is 0 Å². The van der Waals surface area contributed by atoms with Crippen molar-refractivity contribution in [3.63, 3.8) is 0 Å². The molecule has 1 amide bonds. The molecule has 1 aromatic heterocycles. The van der Waals surface area contributed by atoms with Gasteiger partial charge in [0.2, 0.25) is 0 Å². The summed E-state index contributed by atoms with van der Waals surface area (Å²) in [6.07, 6.45) is 6.28. The third-order valence-electron chi connectivity index (χ3n) is 5.62. The molecule has 0 saturated carbocycles. The number of rotatable bonds is 16. The number of carboxylic acid groups (broad SMARTS) is 1. The Morgan fingerprint density at radius 3 is 2.59 bits per heavy atom. The first kappa shape index (κ1) is 28.1. The summed E-state index contributed by atoms with van der Waals surface area (Å²) in [5, 5.41) is 12.2. The Morgan fingerprint density at radius 2 is 2.00 bits per heavy atom. The minimum atomic E-state index is -1.02. The zero-order chi connectivity index (χ0) is 24.9. The monoisotopic (exact) mass is 549 g/mol. The average Bonchev–Trinajstić information content (AvgIpc) is 3.36. The molecule has 2 aromatic rings. The molecule has 3 atom stereocenters. The number of carbonyl (C=O) groups excluding carboxylic acids is 2. The summed E-state index contributed by atoms with van der Waals surface area (Å²) < 4.78 is 0.214. The SMILES string of the molecule is CC[C@H](C)[C@@H](CN(CC(=O)N[C@@H](CCSC)C(=O)O)Cc1ccccc1)[As]C(=O)c1cnc[nH]1. The molecule has 34 heavy (non-hydrogen) atoms. The van der Waals surface area contributed by atoms with Crippen molar-refractivity contribution in [3.05, 3.63) is 54.1 Å². The van der Waals surface area contributed by atoms with Crippen LogP contribution in [0.1, 0.15) is 42.7 Å². The van der Waals surface area contributed by atoms with Gasteiger partial charge in [0, 0.05) is 0 Å². The first-order valence-corrected chi connectivity index (χ1v) is 14.8. The predicted octanol–water partition coefficient (Wildman–Crippen LogP) is 2.91. The molecule has 185 valence electrons. The second-order valence-electron chi connectivity index (χ2n) is 8.25. The first-order valence-electron chi connectivity index (χ1n) is 11.3. The number of aliphatic carboxylic acids is 1. The van der Waals surface area contributed by atoms with Crippen LogP contribution in [0.15, 0.2) is 42.9 Å². The molecular weight excluding hydrogens is 515 g/mol. The maximum absolute atomic E-state index is 12.9. The summed E-state index contributed by atoms with van der Waals surface area (Å²) in [5.41, 5.74) is 1.59. The third-order valence-corrected chi connectivity index (χ3v) is 9.37. The number of aromatic nitrogens is 2. The van der Waals surface area contributed by atoms with E-state index in [1.165, 1.54) is 6.33 Å². The van der Waals surface area contributed by atoms with E-state index in [1.807, 2.05) is 41.5 Å². The summed E-state index contributed by atoms with van der Waals surface area (Å²) in [6, 6.07) is 8.96. The van der Waals surface area contributed by atoms with Gasteiger partial charge < -0.3 is 0 Å². The molecule has 8 nitrogen and oxygen atoms in total. The van der Waals surface area contributed by atoms with Crippen LogP contribution in [0.25, 0.3) is 0 Å². The van der Waals surface area contributed by atoms with E-state index < -0.39 is 27.8 Å².